The van der Waals surface area contributed by atoms with Crippen LogP contribution in [0.2, 0.25) is 0 Å². The lowest BCUT2D eigenvalue weighted by molar-refractivity contribution is 0.0813. The van der Waals surface area contributed by atoms with Gasteiger partial charge in [-0.3, -0.25) is 4.79 Å². The average molecular weight is 478 g/mol. The van der Waals surface area contributed by atoms with Crippen LogP contribution < -0.4 is 4.74 Å². The Morgan fingerprint density at radius 3 is 2.12 bits per heavy atom. The minimum Gasteiger partial charge on any atom is -0.489 e. The SMILES string of the molecule is O=C(CN1[C@@H](COCc2ccccc2)C=CCS1(=O)=O)c1ccc(OCc2ccccc2)cc1. The molecule has 0 fully saturated rings. The minimum atomic E-state index is -3.60. The largest absolute Gasteiger partial charge is 0.489 e. The first-order valence-electron chi connectivity index (χ1n) is 11.1. The lowest BCUT2D eigenvalue weighted by atomic mass is 10.1. The number of benzene rings is 3. The van der Waals surface area contributed by atoms with Crippen molar-refractivity contribution in [2.75, 3.05) is 18.9 Å². The highest BCUT2D eigenvalue weighted by Crippen LogP contribution is 2.19. The molecule has 4 rings (SSSR count). The molecule has 0 N–H and O–H groups in total. The number of hydrogen-bond donors (Lipinski definition) is 0. The highest BCUT2D eigenvalue weighted by molar-refractivity contribution is 7.89. The number of sulfonamides is 1. The van der Waals surface area contributed by atoms with Gasteiger partial charge in [-0.2, -0.15) is 4.31 Å². The Morgan fingerprint density at radius 2 is 1.47 bits per heavy atom. The summed E-state index contributed by atoms with van der Waals surface area (Å²) < 4.78 is 38.2. The number of carbonyl (C=O) groups is 1. The number of ether oxygens (including phenoxy) is 2. The standard InChI is InChI=1S/C27H27NO5S/c29-27(24-13-15-26(16-14-24)33-20-23-10-5-2-6-11-23)18-28-25(12-7-17-34(28,30)31)21-32-19-22-8-3-1-4-9-22/h1-16,25H,17-21H2/t25-/m1/s1. The normalized spacial score (nSPS) is 17.4. The fraction of sp³-hybridized carbons (Fsp3) is 0.222. The molecule has 7 heteroatoms. The minimum absolute atomic E-state index is 0.123. The van der Waals surface area contributed by atoms with Crippen molar-refractivity contribution >= 4 is 15.8 Å². The summed E-state index contributed by atoms with van der Waals surface area (Å²) in [6.45, 7) is 0.731. The third-order valence-corrected chi connectivity index (χ3v) is 7.24. The zero-order chi connectivity index (χ0) is 23.8. The number of hydrogen-bond acceptors (Lipinski definition) is 5. The first-order valence-corrected chi connectivity index (χ1v) is 12.7. The molecule has 1 aliphatic heterocycles. The van der Waals surface area contributed by atoms with Crippen molar-refractivity contribution in [3.63, 3.8) is 0 Å². The van der Waals surface area contributed by atoms with E-state index < -0.39 is 16.1 Å². The number of rotatable bonds is 10. The van der Waals surface area contributed by atoms with Crippen LogP contribution in [-0.4, -0.2) is 43.5 Å². The van der Waals surface area contributed by atoms with Crippen molar-refractivity contribution in [2.24, 2.45) is 0 Å². The van der Waals surface area contributed by atoms with Crippen LogP contribution in [-0.2, 0) is 28.0 Å². The summed E-state index contributed by atoms with van der Waals surface area (Å²) in [5.74, 6) is 0.240. The summed E-state index contributed by atoms with van der Waals surface area (Å²) >= 11 is 0. The first kappa shape index (κ1) is 23.9. The molecule has 0 saturated carbocycles. The smallest absolute Gasteiger partial charge is 0.218 e. The molecule has 3 aromatic carbocycles. The highest BCUT2D eigenvalue weighted by atomic mass is 32.2. The van der Waals surface area contributed by atoms with Crippen molar-refractivity contribution in [3.8, 4) is 5.75 Å². The molecule has 1 atom stereocenters. The van der Waals surface area contributed by atoms with Crippen molar-refractivity contribution < 1.29 is 22.7 Å². The second-order valence-corrected chi connectivity index (χ2v) is 10.0. The molecule has 6 nitrogen and oxygen atoms in total. The van der Waals surface area contributed by atoms with E-state index in [1.807, 2.05) is 60.7 Å². The van der Waals surface area contributed by atoms with Crippen molar-refractivity contribution in [1.29, 1.82) is 0 Å². The Bertz CT molecular complexity index is 1210. The van der Waals surface area contributed by atoms with Gasteiger partial charge in [-0.25, -0.2) is 8.42 Å². The topological polar surface area (TPSA) is 72.9 Å². The van der Waals surface area contributed by atoms with Crippen molar-refractivity contribution in [3.05, 3.63) is 114 Å². The molecule has 0 unspecified atom stereocenters. The highest BCUT2D eigenvalue weighted by Gasteiger charge is 2.33. The Balaban J connectivity index is 1.36. The molecule has 1 aliphatic rings. The van der Waals surface area contributed by atoms with Crippen molar-refractivity contribution in [1.82, 2.24) is 4.31 Å². The van der Waals surface area contributed by atoms with E-state index in [0.29, 0.717) is 24.5 Å². The van der Waals surface area contributed by atoms with Gasteiger partial charge in [-0.15, -0.1) is 0 Å². The van der Waals surface area contributed by atoms with Crippen molar-refractivity contribution in [2.45, 2.75) is 19.3 Å². The van der Waals surface area contributed by atoms with Gasteiger partial charge in [0.2, 0.25) is 10.0 Å². The van der Waals surface area contributed by atoms with Gasteiger partial charge in [0.15, 0.2) is 5.78 Å². The second kappa shape index (κ2) is 11.2. The fourth-order valence-corrected chi connectivity index (χ4v) is 5.07. The summed E-state index contributed by atoms with van der Waals surface area (Å²) in [6, 6.07) is 25.7. The van der Waals surface area contributed by atoms with E-state index in [9.17, 15) is 13.2 Å². The molecule has 0 aliphatic carbocycles. The zero-order valence-electron chi connectivity index (χ0n) is 18.7. The Morgan fingerprint density at radius 1 is 0.853 bits per heavy atom. The maximum atomic E-state index is 12.9. The van der Waals surface area contributed by atoms with Gasteiger partial charge in [0.05, 0.1) is 31.6 Å². The lowest BCUT2D eigenvalue weighted by Gasteiger charge is -2.30. The van der Waals surface area contributed by atoms with Gasteiger partial charge in [-0.05, 0) is 35.4 Å². The summed E-state index contributed by atoms with van der Waals surface area (Å²) in [4.78, 5) is 12.9. The third kappa shape index (κ3) is 6.41. The van der Waals surface area contributed by atoms with Gasteiger partial charge in [0.25, 0.3) is 0 Å². The maximum absolute atomic E-state index is 12.9. The Kier molecular flexibility index (Phi) is 7.90. The molecule has 0 saturated heterocycles. The fourth-order valence-electron chi connectivity index (χ4n) is 3.67. The van der Waals surface area contributed by atoms with E-state index in [1.54, 1.807) is 36.4 Å². The molecule has 0 aromatic heterocycles. The predicted octanol–water partition coefficient (Wildman–Crippen LogP) is 4.24. The molecule has 34 heavy (non-hydrogen) atoms. The first-order chi connectivity index (χ1) is 16.5. The monoisotopic (exact) mass is 477 g/mol. The van der Waals surface area contributed by atoms with E-state index >= 15 is 0 Å². The Hall–Kier alpha value is -3.26. The summed E-state index contributed by atoms with van der Waals surface area (Å²) in [7, 11) is -3.60. The number of nitrogens with zero attached hydrogens (tertiary/aromatic N) is 1. The molecule has 0 amide bonds. The number of ketones is 1. The van der Waals surface area contributed by atoms with Crippen LogP contribution in [0, 0.1) is 0 Å². The summed E-state index contributed by atoms with van der Waals surface area (Å²) in [5.41, 5.74) is 2.48. The van der Waals surface area contributed by atoms with Gasteiger partial charge in [-0.1, -0.05) is 72.8 Å². The van der Waals surface area contributed by atoms with Crippen LogP contribution in [0.25, 0.3) is 0 Å². The molecule has 176 valence electrons. The van der Waals surface area contributed by atoms with Crippen LogP contribution in [0.3, 0.4) is 0 Å². The van der Waals surface area contributed by atoms with Crippen LogP contribution in [0.4, 0.5) is 0 Å². The number of carbonyl (C=O) groups excluding carboxylic acids is 1. The quantitative estimate of drug-likeness (QED) is 0.323. The molecule has 1 heterocycles. The van der Waals surface area contributed by atoms with E-state index in [4.69, 9.17) is 9.47 Å². The molecule has 0 bridgehead atoms. The maximum Gasteiger partial charge on any atom is 0.218 e. The van der Waals surface area contributed by atoms with Gasteiger partial charge >= 0.3 is 0 Å². The molecule has 0 radical (unpaired) electrons. The predicted molar refractivity (Wildman–Crippen MR) is 131 cm³/mol. The van der Waals surface area contributed by atoms with Gasteiger partial charge in [0, 0.05) is 5.56 Å². The molecule has 0 spiro atoms. The second-order valence-electron chi connectivity index (χ2n) is 8.04. The average Bonchev–Trinajstić information content (AvgIpc) is 2.86. The molecular formula is C27H27NO5S. The molecular weight excluding hydrogens is 450 g/mol. The lowest BCUT2D eigenvalue weighted by Crippen LogP contribution is -2.47. The summed E-state index contributed by atoms with van der Waals surface area (Å²) in [5, 5.41) is 0. The number of Topliss-reactive ketones (excluding diaryl/α,β-unsaturated/α-hetero) is 1. The van der Waals surface area contributed by atoms with Crippen LogP contribution in [0.1, 0.15) is 21.5 Å². The molecule has 3 aromatic rings. The third-order valence-electron chi connectivity index (χ3n) is 5.52. The van der Waals surface area contributed by atoms with Gasteiger partial charge in [0.1, 0.15) is 12.4 Å². The zero-order valence-corrected chi connectivity index (χ0v) is 19.6. The Labute approximate surface area is 200 Å². The van der Waals surface area contributed by atoms with Crippen LogP contribution in [0.5, 0.6) is 5.75 Å². The van der Waals surface area contributed by atoms with Crippen LogP contribution in [0.15, 0.2) is 97.1 Å². The van der Waals surface area contributed by atoms with E-state index in [1.165, 1.54) is 4.31 Å². The van der Waals surface area contributed by atoms with Crippen LogP contribution >= 0.6 is 0 Å². The van der Waals surface area contributed by atoms with E-state index in [0.717, 1.165) is 11.1 Å². The van der Waals surface area contributed by atoms with Gasteiger partial charge < -0.3 is 9.47 Å². The van der Waals surface area contributed by atoms with E-state index in [2.05, 4.69) is 0 Å². The van der Waals surface area contributed by atoms with E-state index in [-0.39, 0.29) is 24.7 Å². The summed E-state index contributed by atoms with van der Waals surface area (Å²) in [6.07, 6.45) is 3.41.